The smallest absolute Gasteiger partial charge is 0.228 e. The lowest BCUT2D eigenvalue weighted by Crippen LogP contribution is -2.14. The van der Waals surface area contributed by atoms with Crippen molar-refractivity contribution in [2.24, 2.45) is 0 Å². The lowest BCUT2D eigenvalue weighted by Gasteiger charge is -2.10. The summed E-state index contributed by atoms with van der Waals surface area (Å²) in [5, 5.41) is 3.61. The van der Waals surface area contributed by atoms with E-state index in [2.05, 4.69) is 5.32 Å². The molecule has 22 heavy (non-hydrogen) atoms. The zero-order chi connectivity index (χ0) is 16.1. The Balaban J connectivity index is 2.07. The van der Waals surface area contributed by atoms with Crippen molar-refractivity contribution >= 4 is 34.8 Å². The van der Waals surface area contributed by atoms with Gasteiger partial charge in [-0.25, -0.2) is 0 Å². The molecule has 0 atom stereocenters. The predicted octanol–water partition coefficient (Wildman–Crippen LogP) is 4.19. The van der Waals surface area contributed by atoms with E-state index in [9.17, 15) is 4.79 Å². The summed E-state index contributed by atoms with van der Waals surface area (Å²) in [4.78, 5) is 12.1. The molecule has 4 nitrogen and oxygen atoms in total. The number of anilines is 1. The molecule has 1 amide bonds. The number of hydrogen-bond acceptors (Lipinski definition) is 3. The maximum Gasteiger partial charge on any atom is 0.228 e. The van der Waals surface area contributed by atoms with Gasteiger partial charge in [-0.3, -0.25) is 4.79 Å². The molecule has 1 N–H and O–H groups in total. The maximum atomic E-state index is 12.1. The summed E-state index contributed by atoms with van der Waals surface area (Å²) in [5.41, 5.74) is 1.41. The molecular weight excluding hydrogens is 325 g/mol. The predicted molar refractivity (Wildman–Crippen MR) is 88.3 cm³/mol. The number of rotatable bonds is 5. The highest BCUT2D eigenvalue weighted by Gasteiger charge is 2.09. The maximum absolute atomic E-state index is 12.1. The molecule has 0 unspecified atom stereocenters. The van der Waals surface area contributed by atoms with Crippen LogP contribution in [0.4, 0.5) is 5.69 Å². The fourth-order valence-corrected chi connectivity index (χ4v) is 2.25. The average Bonchev–Trinajstić information content (AvgIpc) is 2.50. The first-order chi connectivity index (χ1) is 10.5. The second kappa shape index (κ2) is 7.38. The number of ether oxygens (including phenoxy) is 2. The van der Waals surface area contributed by atoms with Gasteiger partial charge in [0.2, 0.25) is 5.91 Å². The molecule has 0 heterocycles. The lowest BCUT2D eigenvalue weighted by atomic mass is 10.1. The number of carbonyl (C=O) groups is 1. The number of hydrogen-bond donors (Lipinski definition) is 1. The van der Waals surface area contributed by atoms with Crippen molar-refractivity contribution in [1.82, 2.24) is 0 Å². The van der Waals surface area contributed by atoms with Crippen LogP contribution < -0.4 is 14.8 Å². The molecule has 0 spiro atoms. The van der Waals surface area contributed by atoms with Gasteiger partial charge in [-0.05, 0) is 35.9 Å². The molecule has 2 rings (SSSR count). The molecule has 2 aromatic carbocycles. The van der Waals surface area contributed by atoms with Crippen LogP contribution in [0.15, 0.2) is 36.4 Å². The molecule has 116 valence electrons. The highest BCUT2D eigenvalue weighted by atomic mass is 35.5. The van der Waals surface area contributed by atoms with E-state index in [1.54, 1.807) is 44.6 Å². The van der Waals surface area contributed by atoms with E-state index in [4.69, 9.17) is 32.7 Å². The number of amides is 1. The molecule has 0 aliphatic carbocycles. The first-order valence-corrected chi connectivity index (χ1v) is 7.25. The van der Waals surface area contributed by atoms with Gasteiger partial charge in [-0.15, -0.1) is 0 Å². The quantitative estimate of drug-likeness (QED) is 0.888. The molecular formula is C16H15Cl2NO3. The second-order valence-corrected chi connectivity index (χ2v) is 5.36. The molecule has 0 bridgehead atoms. The average molecular weight is 340 g/mol. The Kier molecular flexibility index (Phi) is 5.52. The van der Waals surface area contributed by atoms with Gasteiger partial charge in [0.25, 0.3) is 0 Å². The monoisotopic (exact) mass is 339 g/mol. The molecule has 0 fully saturated rings. The van der Waals surface area contributed by atoms with Gasteiger partial charge in [0.1, 0.15) is 0 Å². The standard InChI is InChI=1S/C16H15Cl2NO3/c1-21-14-6-3-10(7-15(14)22-2)8-16(20)19-11-4-5-12(17)13(18)9-11/h3-7,9H,8H2,1-2H3,(H,19,20). The number of carbonyl (C=O) groups excluding carboxylic acids is 1. The van der Waals surface area contributed by atoms with Gasteiger partial charge in [0, 0.05) is 5.69 Å². The molecule has 6 heteroatoms. The van der Waals surface area contributed by atoms with E-state index in [0.29, 0.717) is 27.2 Å². The Morgan fingerprint density at radius 1 is 1.00 bits per heavy atom. The van der Waals surface area contributed by atoms with Crippen molar-refractivity contribution in [3.05, 3.63) is 52.0 Å². The van der Waals surface area contributed by atoms with E-state index in [1.165, 1.54) is 0 Å². The van der Waals surface area contributed by atoms with E-state index in [1.807, 2.05) is 6.07 Å². The zero-order valence-electron chi connectivity index (χ0n) is 12.2. The molecule has 0 aromatic heterocycles. The van der Waals surface area contributed by atoms with Crippen molar-refractivity contribution in [2.45, 2.75) is 6.42 Å². The van der Waals surface area contributed by atoms with Crippen LogP contribution in [-0.4, -0.2) is 20.1 Å². The molecule has 0 aliphatic rings. The fraction of sp³-hybridized carbons (Fsp3) is 0.188. The zero-order valence-corrected chi connectivity index (χ0v) is 13.7. The van der Waals surface area contributed by atoms with Crippen molar-refractivity contribution in [3.63, 3.8) is 0 Å². The van der Waals surface area contributed by atoms with Crippen LogP contribution in [0.2, 0.25) is 10.0 Å². The van der Waals surface area contributed by atoms with Gasteiger partial charge in [0.05, 0.1) is 30.7 Å². The molecule has 0 saturated carbocycles. The summed E-state index contributed by atoms with van der Waals surface area (Å²) in [6, 6.07) is 10.3. The molecule has 0 radical (unpaired) electrons. The number of methoxy groups -OCH3 is 2. The first-order valence-electron chi connectivity index (χ1n) is 6.49. The van der Waals surface area contributed by atoms with E-state index in [-0.39, 0.29) is 12.3 Å². The summed E-state index contributed by atoms with van der Waals surface area (Å²) in [5.74, 6) is 1.05. The van der Waals surface area contributed by atoms with Gasteiger partial charge < -0.3 is 14.8 Å². The minimum Gasteiger partial charge on any atom is -0.493 e. The van der Waals surface area contributed by atoms with Gasteiger partial charge in [0.15, 0.2) is 11.5 Å². The van der Waals surface area contributed by atoms with Crippen LogP contribution in [-0.2, 0) is 11.2 Å². The Labute approximate surface area is 138 Å². The second-order valence-electron chi connectivity index (χ2n) is 4.54. The van der Waals surface area contributed by atoms with Crippen molar-refractivity contribution in [2.75, 3.05) is 19.5 Å². The van der Waals surface area contributed by atoms with Crippen molar-refractivity contribution < 1.29 is 14.3 Å². The lowest BCUT2D eigenvalue weighted by molar-refractivity contribution is -0.115. The van der Waals surface area contributed by atoms with E-state index < -0.39 is 0 Å². The number of nitrogens with one attached hydrogen (secondary N) is 1. The largest absolute Gasteiger partial charge is 0.493 e. The van der Waals surface area contributed by atoms with Gasteiger partial charge in [-0.2, -0.15) is 0 Å². The molecule has 0 aliphatic heterocycles. The van der Waals surface area contributed by atoms with Crippen LogP contribution in [0.5, 0.6) is 11.5 Å². The summed E-state index contributed by atoms with van der Waals surface area (Å²) < 4.78 is 10.4. The minimum absolute atomic E-state index is 0.161. The minimum atomic E-state index is -0.161. The third kappa shape index (κ3) is 4.06. The topological polar surface area (TPSA) is 47.6 Å². The van der Waals surface area contributed by atoms with Crippen LogP contribution >= 0.6 is 23.2 Å². The number of benzene rings is 2. The Hall–Kier alpha value is -1.91. The summed E-state index contributed by atoms with van der Waals surface area (Å²) in [7, 11) is 3.12. The van der Waals surface area contributed by atoms with Crippen LogP contribution in [0.3, 0.4) is 0 Å². The highest BCUT2D eigenvalue weighted by Crippen LogP contribution is 2.28. The third-order valence-corrected chi connectivity index (χ3v) is 3.76. The van der Waals surface area contributed by atoms with Gasteiger partial charge in [-0.1, -0.05) is 29.3 Å². The summed E-state index contributed by atoms with van der Waals surface area (Å²) >= 11 is 11.8. The Bertz CT molecular complexity index is 689. The first kappa shape index (κ1) is 16.5. The fourth-order valence-electron chi connectivity index (χ4n) is 1.96. The Morgan fingerprint density at radius 2 is 1.73 bits per heavy atom. The van der Waals surface area contributed by atoms with Gasteiger partial charge >= 0.3 is 0 Å². The van der Waals surface area contributed by atoms with Crippen molar-refractivity contribution in [1.29, 1.82) is 0 Å². The van der Waals surface area contributed by atoms with Crippen LogP contribution in [0.1, 0.15) is 5.56 Å². The molecule has 2 aromatic rings. The van der Waals surface area contributed by atoms with Crippen LogP contribution in [0, 0.1) is 0 Å². The van der Waals surface area contributed by atoms with E-state index in [0.717, 1.165) is 5.56 Å². The molecule has 0 saturated heterocycles. The normalized spacial score (nSPS) is 10.2. The van der Waals surface area contributed by atoms with E-state index >= 15 is 0 Å². The summed E-state index contributed by atoms with van der Waals surface area (Å²) in [6.45, 7) is 0. The van der Waals surface area contributed by atoms with Crippen LogP contribution in [0.25, 0.3) is 0 Å². The highest BCUT2D eigenvalue weighted by molar-refractivity contribution is 6.42. The SMILES string of the molecule is COc1ccc(CC(=O)Nc2ccc(Cl)c(Cl)c2)cc1OC. The Morgan fingerprint density at radius 3 is 2.36 bits per heavy atom. The third-order valence-electron chi connectivity index (χ3n) is 3.02. The summed E-state index contributed by atoms with van der Waals surface area (Å²) in [6.07, 6.45) is 0.209. The number of halogens is 2. The van der Waals surface area contributed by atoms with Crippen molar-refractivity contribution in [3.8, 4) is 11.5 Å².